The number of anilines is 2. The molecule has 0 atom stereocenters. The molecule has 6 heteroatoms. The smallest absolute Gasteiger partial charge is 0.346 e. The Labute approximate surface area is 130 Å². The molecule has 0 amide bonds. The summed E-state index contributed by atoms with van der Waals surface area (Å²) >= 11 is 1.21. The summed E-state index contributed by atoms with van der Waals surface area (Å²) in [5.41, 5.74) is 3.18. The van der Waals surface area contributed by atoms with Gasteiger partial charge in [0, 0.05) is 12.2 Å². The Morgan fingerprint density at radius 2 is 2.14 bits per heavy atom. The van der Waals surface area contributed by atoms with Gasteiger partial charge in [-0.2, -0.15) is 0 Å². The predicted octanol–water partition coefficient (Wildman–Crippen LogP) is 3.39. The Balaban J connectivity index is 1.95. The standard InChI is InChI=1S/C16H13N3O2S/c1-9-12-14(17-8-18-15(12)22-13(9)16(20)21)19-7-6-10-4-2-3-5-11(10)19/h2-5,8H,6-7H2,1H3,(H,20,21). The summed E-state index contributed by atoms with van der Waals surface area (Å²) < 4.78 is 0. The maximum atomic E-state index is 11.4. The van der Waals surface area contributed by atoms with Gasteiger partial charge in [-0.1, -0.05) is 18.2 Å². The molecule has 1 aliphatic rings. The zero-order valence-corrected chi connectivity index (χ0v) is 12.7. The van der Waals surface area contributed by atoms with Crippen LogP contribution in [0.25, 0.3) is 10.2 Å². The fraction of sp³-hybridized carbons (Fsp3) is 0.188. The maximum absolute atomic E-state index is 11.4. The third-order valence-electron chi connectivity index (χ3n) is 4.04. The number of hydrogen-bond acceptors (Lipinski definition) is 5. The van der Waals surface area contributed by atoms with E-state index in [2.05, 4.69) is 27.0 Å². The molecule has 2 aromatic heterocycles. The number of carboxylic acids is 1. The fourth-order valence-electron chi connectivity index (χ4n) is 3.02. The summed E-state index contributed by atoms with van der Waals surface area (Å²) in [4.78, 5) is 23.3. The first-order chi connectivity index (χ1) is 10.7. The normalized spacial score (nSPS) is 13.6. The molecule has 110 valence electrons. The largest absolute Gasteiger partial charge is 0.477 e. The fourth-order valence-corrected chi connectivity index (χ4v) is 4.00. The molecule has 0 fully saturated rings. The van der Waals surface area contributed by atoms with Gasteiger partial charge in [0.2, 0.25) is 0 Å². The lowest BCUT2D eigenvalue weighted by Gasteiger charge is -2.19. The van der Waals surface area contributed by atoms with Crippen molar-refractivity contribution in [2.24, 2.45) is 0 Å². The topological polar surface area (TPSA) is 66.3 Å². The first kappa shape index (κ1) is 13.2. The number of benzene rings is 1. The molecule has 0 bridgehead atoms. The van der Waals surface area contributed by atoms with Crippen LogP contribution in [0.2, 0.25) is 0 Å². The molecule has 22 heavy (non-hydrogen) atoms. The zero-order chi connectivity index (χ0) is 15.3. The van der Waals surface area contributed by atoms with E-state index >= 15 is 0 Å². The van der Waals surface area contributed by atoms with Gasteiger partial charge in [0.1, 0.15) is 21.9 Å². The Hall–Kier alpha value is -2.47. The number of hydrogen-bond donors (Lipinski definition) is 1. The average Bonchev–Trinajstić information content (AvgIpc) is 3.09. The minimum atomic E-state index is -0.909. The molecule has 0 unspecified atom stereocenters. The molecular weight excluding hydrogens is 298 g/mol. The van der Waals surface area contributed by atoms with Gasteiger partial charge in [-0.25, -0.2) is 14.8 Å². The van der Waals surface area contributed by atoms with Crippen molar-refractivity contribution in [3.63, 3.8) is 0 Å². The van der Waals surface area contributed by atoms with Crippen LogP contribution in [0.3, 0.4) is 0 Å². The Morgan fingerprint density at radius 3 is 2.95 bits per heavy atom. The lowest BCUT2D eigenvalue weighted by atomic mass is 10.1. The first-order valence-corrected chi connectivity index (χ1v) is 7.81. The highest BCUT2D eigenvalue weighted by Gasteiger charge is 2.26. The molecule has 1 N–H and O–H groups in total. The van der Waals surface area contributed by atoms with Gasteiger partial charge in [0.15, 0.2) is 0 Å². The van der Waals surface area contributed by atoms with Crippen LogP contribution in [-0.2, 0) is 6.42 Å². The van der Waals surface area contributed by atoms with Crippen molar-refractivity contribution in [3.8, 4) is 0 Å². The number of aromatic nitrogens is 2. The molecule has 3 aromatic rings. The number of aromatic carboxylic acids is 1. The summed E-state index contributed by atoms with van der Waals surface area (Å²) in [6.45, 7) is 2.68. The second kappa shape index (κ2) is 4.78. The van der Waals surface area contributed by atoms with Crippen LogP contribution < -0.4 is 4.90 Å². The van der Waals surface area contributed by atoms with Gasteiger partial charge in [-0.05, 0) is 30.5 Å². The SMILES string of the molecule is Cc1c(C(=O)O)sc2ncnc(N3CCc4ccccc43)c12. The van der Waals surface area contributed by atoms with E-state index in [4.69, 9.17) is 0 Å². The molecule has 3 heterocycles. The van der Waals surface area contributed by atoms with Crippen molar-refractivity contribution in [2.45, 2.75) is 13.3 Å². The average molecular weight is 311 g/mol. The number of thiophene rings is 1. The van der Waals surface area contributed by atoms with Crippen molar-refractivity contribution >= 4 is 39.0 Å². The summed E-state index contributed by atoms with van der Waals surface area (Å²) in [5.74, 6) is -0.107. The van der Waals surface area contributed by atoms with Crippen LogP contribution in [0.5, 0.6) is 0 Å². The second-order valence-electron chi connectivity index (χ2n) is 5.27. The van der Waals surface area contributed by atoms with Gasteiger partial charge >= 0.3 is 5.97 Å². The van der Waals surface area contributed by atoms with Crippen LogP contribution in [0, 0.1) is 6.92 Å². The molecule has 0 aliphatic carbocycles. The van der Waals surface area contributed by atoms with Crippen LogP contribution in [0.4, 0.5) is 11.5 Å². The minimum absolute atomic E-state index is 0.337. The van der Waals surface area contributed by atoms with Gasteiger partial charge in [-0.3, -0.25) is 0 Å². The first-order valence-electron chi connectivity index (χ1n) is 6.99. The summed E-state index contributed by atoms with van der Waals surface area (Å²) in [6.07, 6.45) is 2.48. The number of para-hydroxylation sites is 1. The van der Waals surface area contributed by atoms with Crippen LogP contribution in [-0.4, -0.2) is 27.6 Å². The third kappa shape index (κ3) is 1.80. The molecule has 1 aromatic carbocycles. The van der Waals surface area contributed by atoms with E-state index in [1.165, 1.54) is 23.2 Å². The molecule has 0 spiro atoms. The highest BCUT2D eigenvalue weighted by Crippen LogP contribution is 2.40. The Kier molecular flexibility index (Phi) is 2.87. The van der Waals surface area contributed by atoms with Gasteiger partial charge in [0.25, 0.3) is 0 Å². The molecule has 0 saturated heterocycles. The van der Waals surface area contributed by atoms with Gasteiger partial charge in [-0.15, -0.1) is 11.3 Å². The van der Waals surface area contributed by atoms with Crippen molar-refractivity contribution in [2.75, 3.05) is 11.4 Å². The molecule has 0 radical (unpaired) electrons. The number of aryl methyl sites for hydroxylation is 1. The monoisotopic (exact) mass is 311 g/mol. The molecule has 4 rings (SSSR count). The van der Waals surface area contributed by atoms with E-state index < -0.39 is 5.97 Å². The van der Waals surface area contributed by atoms with Crippen LogP contribution >= 0.6 is 11.3 Å². The molecule has 1 aliphatic heterocycles. The number of fused-ring (bicyclic) bond motifs is 2. The van der Waals surface area contributed by atoms with Crippen LogP contribution in [0.15, 0.2) is 30.6 Å². The van der Waals surface area contributed by atoms with E-state index in [0.717, 1.165) is 40.3 Å². The highest BCUT2D eigenvalue weighted by molar-refractivity contribution is 7.20. The predicted molar refractivity (Wildman–Crippen MR) is 86.3 cm³/mol. The number of rotatable bonds is 2. The van der Waals surface area contributed by atoms with E-state index in [-0.39, 0.29) is 0 Å². The van der Waals surface area contributed by atoms with Crippen molar-refractivity contribution in [1.82, 2.24) is 9.97 Å². The van der Waals surface area contributed by atoms with E-state index in [9.17, 15) is 9.90 Å². The summed E-state index contributed by atoms with van der Waals surface area (Å²) in [7, 11) is 0. The highest BCUT2D eigenvalue weighted by atomic mass is 32.1. The van der Waals surface area contributed by atoms with Crippen molar-refractivity contribution < 1.29 is 9.90 Å². The third-order valence-corrected chi connectivity index (χ3v) is 5.23. The number of carbonyl (C=O) groups is 1. The Morgan fingerprint density at radius 1 is 1.32 bits per heavy atom. The number of nitrogens with zero attached hydrogens (tertiary/aromatic N) is 3. The maximum Gasteiger partial charge on any atom is 0.346 e. The minimum Gasteiger partial charge on any atom is -0.477 e. The molecular formula is C16H13N3O2S. The summed E-state index contributed by atoms with van der Waals surface area (Å²) in [6, 6.07) is 8.25. The van der Waals surface area contributed by atoms with Crippen molar-refractivity contribution in [3.05, 3.63) is 46.6 Å². The quantitative estimate of drug-likeness (QED) is 0.786. The van der Waals surface area contributed by atoms with E-state index in [1.807, 2.05) is 19.1 Å². The van der Waals surface area contributed by atoms with E-state index in [1.54, 1.807) is 0 Å². The van der Waals surface area contributed by atoms with Gasteiger partial charge < -0.3 is 10.0 Å². The number of carboxylic acid groups (broad SMARTS) is 1. The van der Waals surface area contributed by atoms with E-state index in [0.29, 0.717) is 4.88 Å². The Bertz CT molecular complexity index is 904. The lowest BCUT2D eigenvalue weighted by molar-refractivity contribution is 0.0701. The van der Waals surface area contributed by atoms with Gasteiger partial charge in [0.05, 0.1) is 5.39 Å². The van der Waals surface area contributed by atoms with Crippen LogP contribution in [0.1, 0.15) is 20.8 Å². The molecule has 5 nitrogen and oxygen atoms in total. The zero-order valence-electron chi connectivity index (χ0n) is 11.9. The second-order valence-corrected chi connectivity index (χ2v) is 6.27. The summed E-state index contributed by atoms with van der Waals surface area (Å²) in [5, 5.41) is 10.2. The lowest BCUT2D eigenvalue weighted by Crippen LogP contribution is -2.15. The van der Waals surface area contributed by atoms with Crippen molar-refractivity contribution in [1.29, 1.82) is 0 Å². The molecule has 0 saturated carbocycles.